The second-order valence-corrected chi connectivity index (χ2v) is 9.04. The number of primary amides is 1. The van der Waals surface area contributed by atoms with Crippen LogP contribution in [0.4, 0.5) is 24.5 Å². The number of hydrogen-bond acceptors (Lipinski definition) is 5. The minimum absolute atomic E-state index is 0.0431. The van der Waals surface area contributed by atoms with E-state index in [0.29, 0.717) is 5.69 Å². The van der Waals surface area contributed by atoms with Crippen LogP contribution in [-0.4, -0.2) is 26.6 Å². The zero-order valence-electron chi connectivity index (χ0n) is 20.4. The molecule has 194 valence electrons. The summed E-state index contributed by atoms with van der Waals surface area (Å²) < 4.78 is 51.6. The van der Waals surface area contributed by atoms with Crippen molar-refractivity contribution in [2.45, 2.75) is 19.8 Å². The molecule has 0 saturated heterocycles. The topological polar surface area (TPSA) is 103 Å². The molecular weight excluding hydrogens is 499 g/mol. The van der Waals surface area contributed by atoms with Crippen molar-refractivity contribution < 1.29 is 27.5 Å². The van der Waals surface area contributed by atoms with Crippen LogP contribution in [0.2, 0.25) is 0 Å². The van der Waals surface area contributed by atoms with Gasteiger partial charge in [-0.1, -0.05) is 0 Å². The highest BCUT2D eigenvalue weighted by Crippen LogP contribution is 2.49. The molecule has 8 nitrogen and oxygen atoms in total. The van der Waals surface area contributed by atoms with Crippen molar-refractivity contribution in [2.75, 3.05) is 4.90 Å². The molecule has 38 heavy (non-hydrogen) atoms. The SMILES string of the molecule is Cc1c(-c2cc(Oc3cc(F)c(N(C(=O)C4(C(N)=O)CC4)c4ccc(F)cc4)cc3F)ccn2)cnn1C. The van der Waals surface area contributed by atoms with E-state index >= 15 is 8.78 Å². The van der Waals surface area contributed by atoms with Crippen molar-refractivity contribution >= 4 is 23.2 Å². The number of benzene rings is 2. The number of carbonyl (C=O) groups excluding carboxylic acids is 2. The molecule has 0 atom stereocenters. The lowest BCUT2D eigenvalue weighted by atomic mass is 10.0. The Morgan fingerprint density at radius 1 is 1.05 bits per heavy atom. The lowest BCUT2D eigenvalue weighted by molar-refractivity contribution is -0.133. The molecule has 4 aromatic rings. The maximum absolute atomic E-state index is 15.5. The molecule has 0 unspecified atom stereocenters. The minimum atomic E-state index is -1.54. The molecule has 5 rings (SSSR count). The van der Waals surface area contributed by atoms with Crippen LogP contribution in [0.5, 0.6) is 11.5 Å². The molecule has 2 heterocycles. The van der Waals surface area contributed by atoms with Gasteiger partial charge in [0.2, 0.25) is 11.8 Å². The third-order valence-corrected chi connectivity index (χ3v) is 6.63. The van der Waals surface area contributed by atoms with Gasteiger partial charge in [0, 0.05) is 48.4 Å². The first-order valence-electron chi connectivity index (χ1n) is 11.6. The van der Waals surface area contributed by atoms with Gasteiger partial charge >= 0.3 is 0 Å². The number of aryl methyl sites for hydroxylation is 1. The zero-order chi connectivity index (χ0) is 27.2. The van der Waals surface area contributed by atoms with E-state index in [2.05, 4.69) is 10.1 Å². The Kier molecular flexibility index (Phi) is 6.14. The first kappa shape index (κ1) is 25.0. The van der Waals surface area contributed by atoms with E-state index in [1.807, 2.05) is 6.92 Å². The van der Waals surface area contributed by atoms with Crippen LogP contribution >= 0.6 is 0 Å². The van der Waals surface area contributed by atoms with Crippen molar-refractivity contribution in [1.29, 1.82) is 0 Å². The highest BCUT2D eigenvalue weighted by Gasteiger charge is 2.57. The molecule has 2 aromatic heterocycles. The monoisotopic (exact) mass is 521 g/mol. The van der Waals surface area contributed by atoms with Crippen molar-refractivity contribution in [2.24, 2.45) is 18.2 Å². The van der Waals surface area contributed by atoms with Crippen molar-refractivity contribution in [1.82, 2.24) is 14.8 Å². The average Bonchev–Trinajstić information content (AvgIpc) is 3.64. The summed E-state index contributed by atoms with van der Waals surface area (Å²) in [6.45, 7) is 1.86. The molecule has 1 aliphatic rings. The normalized spacial score (nSPS) is 13.7. The number of halogens is 3. The molecule has 0 radical (unpaired) electrons. The number of aromatic nitrogens is 3. The van der Waals surface area contributed by atoms with Gasteiger partial charge in [-0.25, -0.2) is 13.2 Å². The average molecular weight is 521 g/mol. The highest BCUT2D eigenvalue weighted by molar-refractivity contribution is 6.16. The van der Waals surface area contributed by atoms with Crippen LogP contribution in [0.15, 0.2) is 60.9 Å². The number of nitrogens with zero attached hydrogens (tertiary/aromatic N) is 4. The highest BCUT2D eigenvalue weighted by atomic mass is 19.1. The van der Waals surface area contributed by atoms with Gasteiger partial charge in [0.05, 0.1) is 17.6 Å². The number of carbonyl (C=O) groups is 2. The minimum Gasteiger partial charge on any atom is -0.454 e. The largest absolute Gasteiger partial charge is 0.454 e. The second kappa shape index (κ2) is 9.33. The number of amides is 2. The first-order valence-corrected chi connectivity index (χ1v) is 11.6. The quantitative estimate of drug-likeness (QED) is 0.348. The molecule has 2 N–H and O–H groups in total. The fourth-order valence-electron chi connectivity index (χ4n) is 4.13. The number of anilines is 2. The third kappa shape index (κ3) is 4.36. The Bertz CT molecular complexity index is 1560. The van der Waals surface area contributed by atoms with Gasteiger partial charge in [-0.15, -0.1) is 0 Å². The van der Waals surface area contributed by atoms with Gasteiger partial charge in [-0.05, 0) is 50.1 Å². The molecule has 2 amide bonds. The summed E-state index contributed by atoms with van der Waals surface area (Å²) in [4.78, 5) is 30.6. The smallest absolute Gasteiger partial charge is 0.247 e. The predicted molar refractivity (Wildman–Crippen MR) is 132 cm³/mol. The summed E-state index contributed by atoms with van der Waals surface area (Å²) >= 11 is 0. The van der Waals surface area contributed by atoms with Gasteiger partial charge < -0.3 is 10.5 Å². The van der Waals surface area contributed by atoms with Crippen molar-refractivity contribution in [3.05, 3.63) is 84.1 Å². The van der Waals surface area contributed by atoms with E-state index in [-0.39, 0.29) is 24.3 Å². The Balaban J connectivity index is 1.51. The van der Waals surface area contributed by atoms with E-state index in [1.54, 1.807) is 24.0 Å². The number of nitrogens with two attached hydrogens (primary N) is 1. The van der Waals surface area contributed by atoms with Crippen LogP contribution in [-0.2, 0) is 16.6 Å². The fourth-order valence-corrected chi connectivity index (χ4v) is 4.13. The fraction of sp³-hybridized carbons (Fsp3) is 0.185. The van der Waals surface area contributed by atoms with Crippen LogP contribution in [0, 0.1) is 29.8 Å². The molecule has 0 bridgehead atoms. The Hall–Kier alpha value is -4.67. The summed E-state index contributed by atoms with van der Waals surface area (Å²) in [5.41, 5.74) is 5.61. The maximum atomic E-state index is 15.5. The van der Waals surface area contributed by atoms with E-state index in [4.69, 9.17) is 10.5 Å². The Labute approximate surface area is 215 Å². The predicted octanol–water partition coefficient (Wildman–Crippen LogP) is 4.93. The molecule has 1 saturated carbocycles. The summed E-state index contributed by atoms with van der Waals surface area (Å²) in [5, 5.41) is 4.18. The van der Waals surface area contributed by atoms with Gasteiger partial charge in [0.25, 0.3) is 0 Å². The van der Waals surface area contributed by atoms with Crippen LogP contribution in [0.3, 0.4) is 0 Å². The van der Waals surface area contributed by atoms with Crippen LogP contribution in [0.25, 0.3) is 11.3 Å². The number of rotatable bonds is 7. The van der Waals surface area contributed by atoms with Gasteiger partial charge in [0.1, 0.15) is 17.0 Å². The van der Waals surface area contributed by atoms with Crippen LogP contribution in [0.1, 0.15) is 18.5 Å². The summed E-state index contributed by atoms with van der Waals surface area (Å²) in [6, 6.07) is 9.22. The van der Waals surface area contributed by atoms with Gasteiger partial charge in [-0.2, -0.15) is 5.10 Å². The lowest BCUT2D eigenvalue weighted by Crippen LogP contribution is -2.41. The van der Waals surface area contributed by atoms with Gasteiger partial charge in [0.15, 0.2) is 17.4 Å². The van der Waals surface area contributed by atoms with E-state index in [1.165, 1.54) is 24.4 Å². The molecule has 1 fully saturated rings. The molecule has 11 heteroatoms. The summed E-state index contributed by atoms with van der Waals surface area (Å²) in [5.74, 6) is -4.50. The number of hydrogen-bond donors (Lipinski definition) is 1. The molecule has 0 spiro atoms. The van der Waals surface area contributed by atoms with E-state index < -0.39 is 46.1 Å². The zero-order valence-corrected chi connectivity index (χ0v) is 20.4. The molecule has 0 aliphatic heterocycles. The lowest BCUT2D eigenvalue weighted by Gasteiger charge is -2.27. The number of pyridine rings is 1. The van der Waals surface area contributed by atoms with Gasteiger partial charge in [-0.3, -0.25) is 24.2 Å². The Morgan fingerprint density at radius 2 is 1.76 bits per heavy atom. The van der Waals surface area contributed by atoms with Crippen LogP contribution < -0.4 is 15.4 Å². The molecule has 2 aromatic carbocycles. The maximum Gasteiger partial charge on any atom is 0.247 e. The Morgan fingerprint density at radius 3 is 2.37 bits per heavy atom. The third-order valence-electron chi connectivity index (χ3n) is 6.63. The number of ether oxygens (including phenoxy) is 1. The summed E-state index contributed by atoms with van der Waals surface area (Å²) in [6.07, 6.45) is 3.44. The second-order valence-electron chi connectivity index (χ2n) is 9.04. The van der Waals surface area contributed by atoms with E-state index in [9.17, 15) is 14.0 Å². The first-order chi connectivity index (χ1) is 18.1. The standard InChI is InChI=1S/C27H22F3N5O3/c1-15-19(14-33-34(15)2)22-11-18(7-10-32-22)38-24-13-20(29)23(12-21(24)30)35(17-5-3-16(28)4-6-17)26(37)27(8-9-27)25(31)36/h3-7,10-14H,8-9H2,1-2H3,(H2,31,36). The molecule has 1 aliphatic carbocycles. The van der Waals surface area contributed by atoms with Crippen molar-refractivity contribution in [3.8, 4) is 22.8 Å². The molecular formula is C27H22F3N5O3. The summed E-state index contributed by atoms with van der Waals surface area (Å²) in [7, 11) is 1.79. The van der Waals surface area contributed by atoms with Crippen molar-refractivity contribution in [3.63, 3.8) is 0 Å². The van der Waals surface area contributed by atoms with E-state index in [0.717, 1.165) is 40.4 Å².